The molecule has 0 aliphatic rings. The fourth-order valence-electron chi connectivity index (χ4n) is 2.06. The van der Waals surface area contributed by atoms with Gasteiger partial charge >= 0.3 is 0 Å². The van der Waals surface area contributed by atoms with Crippen LogP contribution in [0.4, 0.5) is 5.69 Å². The molecule has 2 N–H and O–H groups in total. The molecular formula is C16H13N2O2. The molecule has 3 aromatic rings. The minimum atomic E-state index is -0.198. The maximum Gasteiger partial charge on any atom is 0.258 e. The summed E-state index contributed by atoms with van der Waals surface area (Å²) in [4.78, 5) is 15.3. The summed E-state index contributed by atoms with van der Waals surface area (Å²) in [7, 11) is 1.60. The van der Waals surface area contributed by atoms with E-state index in [9.17, 15) is 4.79 Å². The third-order valence-corrected chi connectivity index (χ3v) is 3.08. The number of methoxy groups -OCH3 is 1. The predicted molar refractivity (Wildman–Crippen MR) is 78.1 cm³/mol. The first kappa shape index (κ1) is 12.3. The van der Waals surface area contributed by atoms with Crippen LogP contribution in [0.5, 0.6) is 5.75 Å². The fourth-order valence-corrected chi connectivity index (χ4v) is 2.06. The van der Waals surface area contributed by atoms with Crippen molar-refractivity contribution in [2.75, 3.05) is 12.4 Å². The Balaban J connectivity index is 1.95. The highest BCUT2D eigenvalue weighted by Gasteiger charge is 2.13. The third-order valence-electron chi connectivity index (χ3n) is 3.08. The number of carbonyl (C=O) groups excluding carboxylic acids is 1. The monoisotopic (exact) mass is 265 g/mol. The number of H-pyrrole nitrogens is 1. The number of fused-ring (bicyclic) bond motifs is 1. The second kappa shape index (κ2) is 5.09. The number of carbonyl (C=O) groups is 1. The van der Waals surface area contributed by atoms with Gasteiger partial charge in [-0.2, -0.15) is 0 Å². The van der Waals surface area contributed by atoms with Gasteiger partial charge < -0.3 is 15.0 Å². The van der Waals surface area contributed by atoms with Crippen LogP contribution in [0.25, 0.3) is 10.9 Å². The molecule has 3 rings (SSSR count). The van der Waals surface area contributed by atoms with Gasteiger partial charge in [-0.15, -0.1) is 0 Å². The van der Waals surface area contributed by atoms with Gasteiger partial charge in [0.25, 0.3) is 5.91 Å². The maximum absolute atomic E-state index is 12.3. The minimum Gasteiger partial charge on any atom is -0.497 e. The van der Waals surface area contributed by atoms with E-state index in [2.05, 4.69) is 16.5 Å². The van der Waals surface area contributed by atoms with E-state index in [0.29, 0.717) is 11.3 Å². The van der Waals surface area contributed by atoms with Crippen LogP contribution >= 0.6 is 0 Å². The summed E-state index contributed by atoms with van der Waals surface area (Å²) in [6, 6.07) is 14.9. The Hall–Kier alpha value is -2.75. The van der Waals surface area contributed by atoms with E-state index in [1.807, 2.05) is 48.5 Å². The van der Waals surface area contributed by atoms with Gasteiger partial charge in [0.2, 0.25) is 0 Å². The van der Waals surface area contributed by atoms with Gasteiger partial charge in [0, 0.05) is 16.6 Å². The molecule has 0 spiro atoms. The Bertz CT molecular complexity index is 748. The van der Waals surface area contributed by atoms with E-state index < -0.39 is 0 Å². The standard InChI is InChI=1S/C16H13N2O2/c1-20-12-7-8-15-13(9-12)14(10-17-15)16(19)18-11-5-3-2-4-6-11/h2-9,17H,1H3,(H,18,19). The van der Waals surface area contributed by atoms with Gasteiger partial charge in [-0.1, -0.05) is 18.2 Å². The summed E-state index contributed by atoms with van der Waals surface area (Å²) < 4.78 is 5.19. The lowest BCUT2D eigenvalue weighted by Gasteiger charge is -2.04. The molecule has 1 aromatic heterocycles. The fraction of sp³-hybridized carbons (Fsp3) is 0.0625. The zero-order valence-electron chi connectivity index (χ0n) is 10.9. The number of hydrogen-bond donors (Lipinski definition) is 2. The van der Waals surface area contributed by atoms with Gasteiger partial charge in [-0.25, -0.2) is 0 Å². The molecule has 1 heterocycles. The average Bonchev–Trinajstić information content (AvgIpc) is 2.91. The van der Waals surface area contributed by atoms with Crippen molar-refractivity contribution in [1.82, 2.24) is 4.98 Å². The molecule has 0 saturated heterocycles. The van der Waals surface area contributed by atoms with Crippen molar-refractivity contribution in [3.05, 3.63) is 60.3 Å². The normalized spacial score (nSPS) is 10.4. The molecule has 99 valence electrons. The van der Waals surface area contributed by atoms with E-state index in [0.717, 1.165) is 16.6 Å². The summed E-state index contributed by atoms with van der Waals surface area (Å²) in [5, 5.41) is 3.63. The van der Waals surface area contributed by atoms with E-state index >= 15 is 0 Å². The molecule has 0 aliphatic carbocycles. The van der Waals surface area contributed by atoms with E-state index in [-0.39, 0.29) is 5.91 Å². The maximum atomic E-state index is 12.3. The van der Waals surface area contributed by atoms with Crippen LogP contribution in [0.15, 0.2) is 48.5 Å². The topological polar surface area (TPSA) is 54.1 Å². The summed E-state index contributed by atoms with van der Waals surface area (Å²) in [6.45, 7) is 0. The van der Waals surface area contributed by atoms with Gasteiger partial charge in [0.05, 0.1) is 18.9 Å². The quantitative estimate of drug-likeness (QED) is 0.764. The van der Waals surface area contributed by atoms with Crippen LogP contribution in [0.1, 0.15) is 10.4 Å². The van der Waals surface area contributed by atoms with Crippen molar-refractivity contribution >= 4 is 22.5 Å². The summed E-state index contributed by atoms with van der Waals surface area (Å²) in [6.07, 6.45) is 2.89. The van der Waals surface area contributed by atoms with Crippen LogP contribution in [0.3, 0.4) is 0 Å². The number of amides is 1. The molecular weight excluding hydrogens is 252 g/mol. The number of nitrogens with one attached hydrogen (secondary N) is 2. The molecule has 2 aromatic carbocycles. The van der Waals surface area contributed by atoms with E-state index in [1.165, 1.54) is 0 Å². The smallest absolute Gasteiger partial charge is 0.258 e. The summed E-state index contributed by atoms with van der Waals surface area (Å²) >= 11 is 0. The van der Waals surface area contributed by atoms with E-state index in [4.69, 9.17) is 4.74 Å². The van der Waals surface area contributed by atoms with E-state index in [1.54, 1.807) is 7.11 Å². The summed E-state index contributed by atoms with van der Waals surface area (Å²) in [5.41, 5.74) is 2.08. The minimum absolute atomic E-state index is 0.198. The molecule has 0 bridgehead atoms. The Kier molecular flexibility index (Phi) is 3.13. The highest BCUT2D eigenvalue weighted by Crippen LogP contribution is 2.24. The highest BCUT2D eigenvalue weighted by molar-refractivity contribution is 6.12. The van der Waals surface area contributed by atoms with Crippen LogP contribution in [0, 0.1) is 6.20 Å². The lowest BCUT2D eigenvalue weighted by atomic mass is 10.1. The molecule has 1 radical (unpaired) electrons. The van der Waals surface area contributed by atoms with Crippen molar-refractivity contribution in [2.24, 2.45) is 0 Å². The number of para-hydroxylation sites is 1. The van der Waals surface area contributed by atoms with Gasteiger partial charge in [-0.3, -0.25) is 4.79 Å². The van der Waals surface area contributed by atoms with Crippen molar-refractivity contribution in [1.29, 1.82) is 0 Å². The first-order valence-electron chi connectivity index (χ1n) is 6.22. The van der Waals surface area contributed by atoms with Crippen molar-refractivity contribution in [2.45, 2.75) is 0 Å². The van der Waals surface area contributed by atoms with Crippen molar-refractivity contribution in [3.63, 3.8) is 0 Å². The largest absolute Gasteiger partial charge is 0.497 e. The number of aromatic amines is 1. The molecule has 0 aliphatic heterocycles. The highest BCUT2D eigenvalue weighted by atomic mass is 16.5. The van der Waals surface area contributed by atoms with Crippen LogP contribution in [0.2, 0.25) is 0 Å². The van der Waals surface area contributed by atoms with Crippen LogP contribution in [-0.2, 0) is 0 Å². The van der Waals surface area contributed by atoms with Crippen molar-refractivity contribution < 1.29 is 9.53 Å². The van der Waals surface area contributed by atoms with Crippen LogP contribution < -0.4 is 10.1 Å². The Morgan fingerprint density at radius 1 is 1.20 bits per heavy atom. The lowest BCUT2D eigenvalue weighted by Crippen LogP contribution is -2.11. The first-order chi connectivity index (χ1) is 9.78. The molecule has 1 amide bonds. The first-order valence-corrected chi connectivity index (χ1v) is 6.22. The zero-order chi connectivity index (χ0) is 13.9. The Labute approximate surface area is 116 Å². The molecule has 4 heteroatoms. The lowest BCUT2D eigenvalue weighted by molar-refractivity contribution is 0.102. The molecule has 0 atom stereocenters. The molecule has 4 nitrogen and oxygen atoms in total. The number of benzene rings is 2. The SMILES string of the molecule is COc1ccc2[nH][c]c(C(=O)Nc3ccccc3)c2c1. The van der Waals surface area contributed by atoms with Gasteiger partial charge in [-0.05, 0) is 30.3 Å². The number of ether oxygens (including phenoxy) is 1. The number of aromatic nitrogens is 1. The van der Waals surface area contributed by atoms with Gasteiger partial charge in [0.15, 0.2) is 0 Å². The number of rotatable bonds is 3. The van der Waals surface area contributed by atoms with Crippen LogP contribution in [-0.4, -0.2) is 18.0 Å². The third kappa shape index (κ3) is 2.23. The number of hydrogen-bond acceptors (Lipinski definition) is 2. The molecule has 0 unspecified atom stereocenters. The molecule has 0 saturated carbocycles. The number of anilines is 1. The average molecular weight is 265 g/mol. The molecule has 20 heavy (non-hydrogen) atoms. The van der Waals surface area contributed by atoms with Gasteiger partial charge in [0.1, 0.15) is 5.75 Å². The molecule has 0 fully saturated rings. The second-order valence-corrected chi connectivity index (χ2v) is 4.36. The summed E-state index contributed by atoms with van der Waals surface area (Å²) in [5.74, 6) is 0.509. The predicted octanol–water partition coefficient (Wildman–Crippen LogP) is 3.23. The zero-order valence-corrected chi connectivity index (χ0v) is 10.9. The van der Waals surface area contributed by atoms with Crippen molar-refractivity contribution in [3.8, 4) is 5.75 Å². The Morgan fingerprint density at radius 3 is 2.75 bits per heavy atom. The second-order valence-electron chi connectivity index (χ2n) is 4.36. The Morgan fingerprint density at radius 2 is 2.00 bits per heavy atom.